The lowest BCUT2D eigenvalue weighted by molar-refractivity contribution is 0.101. The van der Waals surface area contributed by atoms with Crippen LogP contribution in [0.4, 0.5) is 0 Å². The van der Waals surface area contributed by atoms with Crippen molar-refractivity contribution < 1.29 is 19.0 Å². The monoisotopic (exact) mass is 478 g/mol. The second-order valence-corrected chi connectivity index (χ2v) is 8.53. The number of ketones is 1. The number of hydrogen-bond acceptors (Lipinski definition) is 4. The Labute approximate surface area is 190 Å². The van der Waals surface area contributed by atoms with Crippen molar-refractivity contribution in [2.24, 2.45) is 0 Å². The second-order valence-electron chi connectivity index (χ2n) is 7.61. The number of methoxy groups -OCH3 is 1. The Kier molecular flexibility index (Phi) is 5.88. The summed E-state index contributed by atoms with van der Waals surface area (Å²) < 4.78 is 18.4. The molecule has 1 aliphatic heterocycles. The lowest BCUT2D eigenvalue weighted by atomic mass is 10.0. The molecule has 0 aromatic heterocycles. The highest BCUT2D eigenvalue weighted by Crippen LogP contribution is 2.40. The molecule has 3 aromatic rings. The van der Waals surface area contributed by atoms with E-state index in [0.29, 0.717) is 29.4 Å². The summed E-state index contributed by atoms with van der Waals surface area (Å²) in [5.74, 6) is 2.03. The van der Waals surface area contributed by atoms with Crippen LogP contribution in [-0.4, -0.2) is 12.9 Å². The molecule has 5 heteroatoms. The minimum Gasteiger partial charge on any atom is -0.496 e. The summed E-state index contributed by atoms with van der Waals surface area (Å²) in [5, 5.41) is 0. The van der Waals surface area contributed by atoms with E-state index in [0.717, 1.165) is 21.2 Å². The highest BCUT2D eigenvalue weighted by atomic mass is 79.9. The Morgan fingerprint density at radius 3 is 2.55 bits per heavy atom. The van der Waals surface area contributed by atoms with E-state index in [2.05, 4.69) is 48.0 Å². The van der Waals surface area contributed by atoms with Crippen LogP contribution >= 0.6 is 15.9 Å². The van der Waals surface area contributed by atoms with Gasteiger partial charge in [-0.3, -0.25) is 4.79 Å². The maximum Gasteiger partial charge on any atom is 0.231 e. The van der Waals surface area contributed by atoms with Crippen LogP contribution in [0.2, 0.25) is 0 Å². The Morgan fingerprint density at radius 2 is 1.77 bits per heavy atom. The summed E-state index contributed by atoms with van der Waals surface area (Å²) in [7, 11) is 1.60. The van der Waals surface area contributed by atoms with Crippen LogP contribution < -0.4 is 14.2 Å². The molecule has 0 aliphatic carbocycles. The van der Waals surface area contributed by atoms with Crippen LogP contribution in [0.1, 0.15) is 38.2 Å². The number of ether oxygens (including phenoxy) is 3. The van der Waals surface area contributed by atoms with Gasteiger partial charge in [-0.15, -0.1) is 0 Å². The average molecular weight is 479 g/mol. The van der Waals surface area contributed by atoms with E-state index in [4.69, 9.17) is 14.2 Å². The topological polar surface area (TPSA) is 44.8 Å². The summed E-state index contributed by atoms with van der Waals surface area (Å²) in [6.45, 7) is 6.51. The van der Waals surface area contributed by atoms with Crippen LogP contribution in [0.25, 0.3) is 6.08 Å². The third kappa shape index (κ3) is 4.23. The zero-order valence-electron chi connectivity index (χ0n) is 17.9. The lowest BCUT2D eigenvalue weighted by Crippen LogP contribution is -2.00. The van der Waals surface area contributed by atoms with Gasteiger partial charge in [0.25, 0.3) is 0 Å². The highest BCUT2D eigenvalue weighted by molar-refractivity contribution is 9.10. The minimum absolute atomic E-state index is 0.152. The Balaban J connectivity index is 1.61. The summed E-state index contributed by atoms with van der Waals surface area (Å²) >= 11 is 3.46. The van der Waals surface area contributed by atoms with Crippen molar-refractivity contribution in [3.05, 3.63) is 92.1 Å². The molecule has 158 valence electrons. The van der Waals surface area contributed by atoms with Gasteiger partial charge in [-0.05, 0) is 68.3 Å². The van der Waals surface area contributed by atoms with Crippen molar-refractivity contribution in [1.29, 1.82) is 0 Å². The van der Waals surface area contributed by atoms with Crippen molar-refractivity contribution in [3.8, 4) is 17.2 Å². The molecule has 1 heterocycles. The zero-order valence-corrected chi connectivity index (χ0v) is 19.5. The SMILES string of the molecule is COc1ccc(Br)cc1/C=C1\Oc2c(ccc(OCc3cc(C)ccc3C)c2C)C1=O. The first-order valence-electron chi connectivity index (χ1n) is 9.97. The largest absolute Gasteiger partial charge is 0.496 e. The van der Waals surface area contributed by atoms with Gasteiger partial charge >= 0.3 is 0 Å². The molecule has 31 heavy (non-hydrogen) atoms. The molecule has 4 rings (SSSR count). The molecule has 0 bridgehead atoms. The quantitative estimate of drug-likeness (QED) is 0.388. The van der Waals surface area contributed by atoms with Crippen LogP contribution in [0.5, 0.6) is 17.2 Å². The summed E-state index contributed by atoms with van der Waals surface area (Å²) in [5.41, 5.74) is 5.62. The maximum absolute atomic E-state index is 12.9. The van der Waals surface area contributed by atoms with Crippen molar-refractivity contribution in [3.63, 3.8) is 0 Å². The van der Waals surface area contributed by atoms with E-state index in [1.807, 2.05) is 31.2 Å². The van der Waals surface area contributed by atoms with Crippen LogP contribution in [0, 0.1) is 20.8 Å². The van der Waals surface area contributed by atoms with Crippen molar-refractivity contribution in [1.82, 2.24) is 0 Å². The number of halogens is 1. The number of Topliss-reactive ketones (excluding diaryl/α,β-unsaturated/α-hetero) is 1. The van der Waals surface area contributed by atoms with E-state index in [1.165, 1.54) is 11.1 Å². The first kappa shape index (κ1) is 21.2. The highest BCUT2D eigenvalue weighted by Gasteiger charge is 2.30. The van der Waals surface area contributed by atoms with Gasteiger partial charge in [0, 0.05) is 15.6 Å². The minimum atomic E-state index is -0.152. The summed E-state index contributed by atoms with van der Waals surface area (Å²) in [6, 6.07) is 15.5. The first-order valence-corrected chi connectivity index (χ1v) is 10.8. The smallest absolute Gasteiger partial charge is 0.231 e. The summed E-state index contributed by atoms with van der Waals surface area (Å²) in [4.78, 5) is 12.9. The fraction of sp³-hybridized carbons (Fsp3) is 0.192. The van der Waals surface area contributed by atoms with E-state index in [-0.39, 0.29) is 11.5 Å². The third-order valence-electron chi connectivity index (χ3n) is 5.40. The molecule has 4 nitrogen and oxygen atoms in total. The van der Waals surface area contributed by atoms with Gasteiger partial charge in [-0.25, -0.2) is 0 Å². The third-order valence-corrected chi connectivity index (χ3v) is 5.90. The zero-order chi connectivity index (χ0) is 22.1. The van der Waals surface area contributed by atoms with Gasteiger partial charge in [-0.1, -0.05) is 39.7 Å². The number of aryl methyl sites for hydroxylation is 2. The molecule has 0 saturated heterocycles. The molecule has 0 N–H and O–H groups in total. The number of carbonyl (C=O) groups excluding carboxylic acids is 1. The van der Waals surface area contributed by atoms with Crippen LogP contribution in [0.15, 0.2) is 58.8 Å². The summed E-state index contributed by atoms with van der Waals surface area (Å²) in [6.07, 6.45) is 1.71. The van der Waals surface area contributed by atoms with Gasteiger partial charge in [0.1, 0.15) is 23.9 Å². The molecular weight excluding hydrogens is 456 g/mol. The van der Waals surface area contributed by atoms with E-state index >= 15 is 0 Å². The van der Waals surface area contributed by atoms with Gasteiger partial charge in [-0.2, -0.15) is 0 Å². The first-order chi connectivity index (χ1) is 14.9. The molecule has 0 atom stereocenters. The standard InChI is InChI=1S/C26H23BrO4/c1-15-5-6-16(2)19(11-15)14-30-22-10-8-21-25(28)24(31-26(21)17(22)3)13-18-12-20(27)7-9-23(18)29-4/h5-13H,14H2,1-4H3/b24-13-. The number of fused-ring (bicyclic) bond motifs is 1. The Hall–Kier alpha value is -3.05. The fourth-order valence-corrected chi connectivity index (χ4v) is 3.97. The van der Waals surface area contributed by atoms with E-state index in [1.54, 1.807) is 19.3 Å². The molecule has 3 aromatic carbocycles. The number of carbonyl (C=O) groups is 1. The predicted molar refractivity (Wildman–Crippen MR) is 125 cm³/mol. The van der Waals surface area contributed by atoms with Crippen LogP contribution in [0.3, 0.4) is 0 Å². The van der Waals surface area contributed by atoms with E-state index < -0.39 is 0 Å². The molecular formula is C26H23BrO4. The number of allylic oxidation sites excluding steroid dienone is 1. The second kappa shape index (κ2) is 8.60. The van der Waals surface area contributed by atoms with Crippen molar-refractivity contribution >= 4 is 27.8 Å². The fourth-order valence-electron chi connectivity index (χ4n) is 3.59. The van der Waals surface area contributed by atoms with Gasteiger partial charge in [0.05, 0.1) is 12.7 Å². The van der Waals surface area contributed by atoms with Crippen molar-refractivity contribution in [2.45, 2.75) is 27.4 Å². The number of hydrogen-bond donors (Lipinski definition) is 0. The predicted octanol–water partition coefficient (Wildman–Crippen LogP) is 6.58. The molecule has 0 fully saturated rings. The molecule has 1 aliphatic rings. The van der Waals surface area contributed by atoms with Crippen LogP contribution in [-0.2, 0) is 6.61 Å². The number of benzene rings is 3. The van der Waals surface area contributed by atoms with E-state index in [9.17, 15) is 4.79 Å². The molecule has 0 radical (unpaired) electrons. The van der Waals surface area contributed by atoms with Gasteiger partial charge in [0.2, 0.25) is 5.78 Å². The molecule has 0 spiro atoms. The normalized spacial score (nSPS) is 13.8. The Bertz CT molecular complexity index is 1210. The molecule has 0 saturated carbocycles. The van der Waals surface area contributed by atoms with Gasteiger partial charge in [0.15, 0.2) is 5.76 Å². The number of rotatable bonds is 5. The lowest BCUT2D eigenvalue weighted by Gasteiger charge is -2.13. The Morgan fingerprint density at radius 1 is 1.00 bits per heavy atom. The average Bonchev–Trinajstić information content (AvgIpc) is 3.06. The molecule has 0 unspecified atom stereocenters. The van der Waals surface area contributed by atoms with Gasteiger partial charge < -0.3 is 14.2 Å². The molecule has 0 amide bonds. The van der Waals surface area contributed by atoms with Crippen molar-refractivity contribution in [2.75, 3.05) is 7.11 Å². The maximum atomic E-state index is 12.9.